The van der Waals surface area contributed by atoms with Crippen LogP contribution in [0.15, 0.2) is 12.2 Å². The molecule has 0 aromatic carbocycles. The lowest BCUT2D eigenvalue weighted by atomic mass is 10.1. The van der Waals surface area contributed by atoms with Crippen LogP contribution < -0.4 is 0 Å². The van der Waals surface area contributed by atoms with Crippen molar-refractivity contribution in [3.05, 3.63) is 12.2 Å². The van der Waals surface area contributed by atoms with Crippen molar-refractivity contribution in [2.75, 3.05) is 13.1 Å². The van der Waals surface area contributed by atoms with E-state index < -0.39 is 0 Å². The van der Waals surface area contributed by atoms with E-state index in [1.165, 1.54) is 19.4 Å². The third kappa shape index (κ3) is 2.34. The highest BCUT2D eigenvalue weighted by molar-refractivity contribution is 4.89. The average Bonchev–Trinajstić information content (AvgIpc) is 2.42. The number of likely N-dealkylation sites (tertiary alicyclic amines) is 1. The Morgan fingerprint density at radius 1 is 1.50 bits per heavy atom. The van der Waals surface area contributed by atoms with Crippen molar-refractivity contribution in [1.29, 1.82) is 0 Å². The van der Waals surface area contributed by atoms with Gasteiger partial charge in [-0.1, -0.05) is 26.0 Å². The Labute approximate surface area is 76.5 Å². The summed E-state index contributed by atoms with van der Waals surface area (Å²) in [5.74, 6) is 0.903. The quantitative estimate of drug-likeness (QED) is 0.584. The maximum atomic E-state index is 2.60. The smallest absolute Gasteiger partial charge is 0.0166 e. The van der Waals surface area contributed by atoms with E-state index in [9.17, 15) is 0 Å². The molecule has 1 heteroatoms. The zero-order valence-corrected chi connectivity index (χ0v) is 8.59. The first-order valence-corrected chi connectivity index (χ1v) is 5.13. The predicted octanol–water partition coefficient (Wildman–Crippen LogP) is 2.68. The Bertz CT molecular complexity index is 151. The molecule has 1 fully saturated rings. The van der Waals surface area contributed by atoms with Crippen molar-refractivity contribution in [3.63, 3.8) is 0 Å². The van der Waals surface area contributed by atoms with Crippen molar-refractivity contribution in [1.82, 2.24) is 4.90 Å². The van der Waals surface area contributed by atoms with E-state index >= 15 is 0 Å². The second-order valence-electron chi connectivity index (χ2n) is 3.93. The van der Waals surface area contributed by atoms with Crippen LogP contribution in [0.5, 0.6) is 0 Å². The van der Waals surface area contributed by atoms with Gasteiger partial charge in [0.05, 0.1) is 0 Å². The largest absolute Gasteiger partial charge is 0.296 e. The normalized spacial score (nSPS) is 31.9. The second-order valence-corrected chi connectivity index (χ2v) is 3.93. The molecule has 0 aromatic rings. The van der Waals surface area contributed by atoms with Gasteiger partial charge in [-0.2, -0.15) is 0 Å². The first-order chi connectivity index (χ1) is 5.77. The summed E-state index contributed by atoms with van der Waals surface area (Å²) in [7, 11) is 0. The van der Waals surface area contributed by atoms with Crippen molar-refractivity contribution in [2.45, 2.75) is 39.7 Å². The van der Waals surface area contributed by atoms with Crippen LogP contribution in [0.2, 0.25) is 0 Å². The lowest BCUT2D eigenvalue weighted by molar-refractivity contribution is 0.272. The molecule has 0 aromatic heterocycles. The van der Waals surface area contributed by atoms with Gasteiger partial charge in [0, 0.05) is 19.1 Å². The van der Waals surface area contributed by atoms with Crippen molar-refractivity contribution in [3.8, 4) is 0 Å². The molecule has 0 radical (unpaired) electrons. The van der Waals surface area contributed by atoms with Gasteiger partial charge in [0.1, 0.15) is 0 Å². The zero-order valence-electron chi connectivity index (χ0n) is 8.59. The van der Waals surface area contributed by atoms with Crippen LogP contribution in [-0.4, -0.2) is 24.0 Å². The Morgan fingerprint density at radius 2 is 2.25 bits per heavy atom. The molecule has 70 valence electrons. The SMILES string of the molecule is C/C=C/CN1CC(C)CC1CC. The first kappa shape index (κ1) is 9.79. The summed E-state index contributed by atoms with van der Waals surface area (Å²) in [5.41, 5.74) is 0. The monoisotopic (exact) mass is 167 g/mol. The Kier molecular flexibility index (Phi) is 3.80. The van der Waals surface area contributed by atoms with Gasteiger partial charge in [-0.25, -0.2) is 0 Å². The van der Waals surface area contributed by atoms with Gasteiger partial charge in [-0.15, -0.1) is 0 Å². The fraction of sp³-hybridized carbons (Fsp3) is 0.818. The number of nitrogens with zero attached hydrogens (tertiary/aromatic N) is 1. The number of hydrogen-bond donors (Lipinski definition) is 0. The molecule has 1 rings (SSSR count). The Morgan fingerprint density at radius 3 is 2.83 bits per heavy atom. The molecule has 1 saturated heterocycles. The molecule has 0 aliphatic carbocycles. The average molecular weight is 167 g/mol. The first-order valence-electron chi connectivity index (χ1n) is 5.13. The predicted molar refractivity (Wildman–Crippen MR) is 54.2 cm³/mol. The fourth-order valence-electron chi connectivity index (χ4n) is 2.13. The van der Waals surface area contributed by atoms with E-state index in [1.54, 1.807) is 0 Å². The van der Waals surface area contributed by atoms with Gasteiger partial charge in [0.2, 0.25) is 0 Å². The molecule has 0 bridgehead atoms. The maximum Gasteiger partial charge on any atom is 0.0166 e. The zero-order chi connectivity index (χ0) is 8.97. The number of hydrogen-bond acceptors (Lipinski definition) is 1. The van der Waals surface area contributed by atoms with Crippen LogP contribution in [0.25, 0.3) is 0 Å². The molecule has 0 saturated carbocycles. The van der Waals surface area contributed by atoms with Crippen LogP contribution in [0.1, 0.15) is 33.6 Å². The van der Waals surface area contributed by atoms with Crippen LogP contribution in [0, 0.1) is 5.92 Å². The lowest BCUT2D eigenvalue weighted by Crippen LogP contribution is -2.28. The molecule has 1 aliphatic heterocycles. The molecule has 0 amide bonds. The summed E-state index contributed by atoms with van der Waals surface area (Å²) < 4.78 is 0. The molecular weight excluding hydrogens is 146 g/mol. The summed E-state index contributed by atoms with van der Waals surface area (Å²) in [4.78, 5) is 2.60. The molecule has 0 spiro atoms. The van der Waals surface area contributed by atoms with E-state index in [0.29, 0.717) is 0 Å². The van der Waals surface area contributed by atoms with E-state index in [1.807, 2.05) is 0 Å². The molecule has 1 aliphatic rings. The minimum absolute atomic E-state index is 0.844. The number of rotatable bonds is 3. The highest BCUT2D eigenvalue weighted by Crippen LogP contribution is 2.24. The molecule has 0 N–H and O–H groups in total. The number of allylic oxidation sites excluding steroid dienone is 1. The van der Waals surface area contributed by atoms with E-state index in [-0.39, 0.29) is 0 Å². The summed E-state index contributed by atoms with van der Waals surface area (Å²) in [6, 6.07) is 0.844. The van der Waals surface area contributed by atoms with E-state index in [0.717, 1.165) is 18.5 Å². The summed E-state index contributed by atoms with van der Waals surface area (Å²) >= 11 is 0. The fourth-order valence-corrected chi connectivity index (χ4v) is 2.13. The topological polar surface area (TPSA) is 3.24 Å². The summed E-state index contributed by atoms with van der Waals surface area (Å²) in [5, 5.41) is 0. The van der Waals surface area contributed by atoms with Gasteiger partial charge < -0.3 is 0 Å². The summed E-state index contributed by atoms with van der Waals surface area (Å²) in [6.07, 6.45) is 7.12. The minimum Gasteiger partial charge on any atom is -0.296 e. The van der Waals surface area contributed by atoms with Gasteiger partial charge >= 0.3 is 0 Å². The summed E-state index contributed by atoms with van der Waals surface area (Å²) in [6.45, 7) is 9.20. The van der Waals surface area contributed by atoms with Crippen molar-refractivity contribution >= 4 is 0 Å². The highest BCUT2D eigenvalue weighted by Gasteiger charge is 2.26. The van der Waals surface area contributed by atoms with Crippen LogP contribution >= 0.6 is 0 Å². The molecule has 1 nitrogen and oxygen atoms in total. The highest BCUT2D eigenvalue weighted by atomic mass is 15.2. The van der Waals surface area contributed by atoms with Crippen molar-refractivity contribution in [2.24, 2.45) is 5.92 Å². The van der Waals surface area contributed by atoms with Crippen molar-refractivity contribution < 1.29 is 0 Å². The van der Waals surface area contributed by atoms with Gasteiger partial charge in [-0.3, -0.25) is 4.90 Å². The van der Waals surface area contributed by atoms with Gasteiger partial charge in [-0.05, 0) is 25.7 Å². The molecule has 2 unspecified atom stereocenters. The van der Waals surface area contributed by atoms with Crippen LogP contribution in [-0.2, 0) is 0 Å². The van der Waals surface area contributed by atoms with E-state index in [4.69, 9.17) is 0 Å². The van der Waals surface area contributed by atoms with Crippen LogP contribution in [0.3, 0.4) is 0 Å². The Hall–Kier alpha value is -0.300. The third-order valence-corrected chi connectivity index (χ3v) is 2.78. The van der Waals surface area contributed by atoms with E-state index in [2.05, 4.69) is 37.8 Å². The minimum atomic E-state index is 0.844. The molecular formula is C11H21N. The second kappa shape index (κ2) is 4.66. The van der Waals surface area contributed by atoms with Gasteiger partial charge in [0.15, 0.2) is 0 Å². The molecule has 12 heavy (non-hydrogen) atoms. The molecule has 2 atom stereocenters. The Balaban J connectivity index is 2.40. The van der Waals surface area contributed by atoms with Crippen LogP contribution in [0.4, 0.5) is 0 Å². The van der Waals surface area contributed by atoms with Gasteiger partial charge in [0.25, 0.3) is 0 Å². The third-order valence-electron chi connectivity index (χ3n) is 2.78. The maximum absolute atomic E-state index is 2.60. The standard InChI is InChI=1S/C11H21N/c1-4-6-7-12-9-10(3)8-11(12)5-2/h4,6,10-11H,5,7-9H2,1-3H3/b6-4+. The lowest BCUT2D eigenvalue weighted by Gasteiger charge is -2.21. The molecule has 1 heterocycles.